The molecule has 0 N–H and O–H groups in total. The number of nitrogens with zero attached hydrogens (tertiary/aromatic N) is 4. The minimum Gasteiger partial charge on any atom is -0.426 e. The van der Waals surface area contributed by atoms with E-state index in [0.29, 0.717) is 5.75 Å². The fourth-order valence-corrected chi connectivity index (χ4v) is 2.49. The molecular weight excluding hydrogens is 316 g/mol. The molecule has 0 unspecified atom stereocenters. The quantitative estimate of drug-likeness (QED) is 0.490. The molecule has 0 fully saturated rings. The normalized spacial score (nSPS) is 10.6. The Morgan fingerprint density at radius 3 is 2.40 bits per heavy atom. The highest BCUT2D eigenvalue weighted by Gasteiger charge is 2.07. The van der Waals surface area contributed by atoms with Gasteiger partial charge in [-0.3, -0.25) is 4.79 Å². The third kappa shape index (κ3) is 4.73. The lowest BCUT2D eigenvalue weighted by Gasteiger charge is -2.06. The van der Waals surface area contributed by atoms with Crippen molar-refractivity contribution in [1.82, 2.24) is 20.2 Å². The second kappa shape index (κ2) is 8.19. The average Bonchev–Trinajstić information content (AvgIpc) is 3.16. The van der Waals surface area contributed by atoms with E-state index in [9.17, 15) is 4.79 Å². The molecular formula is C19H20N4O2. The summed E-state index contributed by atoms with van der Waals surface area (Å²) in [5.74, 6) is 0.220. The number of unbranched alkanes of at least 4 members (excludes halogenated alkanes) is 1. The smallest absolute Gasteiger partial charge is 0.315 e. The fourth-order valence-electron chi connectivity index (χ4n) is 2.49. The van der Waals surface area contributed by atoms with E-state index in [1.807, 2.05) is 12.1 Å². The van der Waals surface area contributed by atoms with Crippen LogP contribution in [0.25, 0.3) is 5.69 Å². The minimum absolute atomic E-state index is 0.253. The van der Waals surface area contributed by atoms with Crippen LogP contribution in [-0.2, 0) is 17.6 Å². The van der Waals surface area contributed by atoms with Crippen LogP contribution in [-0.4, -0.2) is 26.2 Å². The van der Waals surface area contributed by atoms with E-state index in [1.54, 1.807) is 24.3 Å². The molecule has 6 heteroatoms. The first-order valence-electron chi connectivity index (χ1n) is 8.36. The first kappa shape index (κ1) is 16.8. The lowest BCUT2D eigenvalue weighted by atomic mass is 10.1. The summed E-state index contributed by atoms with van der Waals surface area (Å²) in [5.41, 5.74) is 3.06. The summed E-state index contributed by atoms with van der Waals surface area (Å²) in [6.45, 7) is 2.18. The third-order valence-electron chi connectivity index (χ3n) is 3.87. The Bertz CT molecular complexity index is 796. The van der Waals surface area contributed by atoms with Gasteiger partial charge in [0.1, 0.15) is 12.1 Å². The van der Waals surface area contributed by atoms with Gasteiger partial charge in [-0.1, -0.05) is 37.6 Å². The lowest BCUT2D eigenvalue weighted by molar-refractivity contribution is -0.133. The van der Waals surface area contributed by atoms with Gasteiger partial charge in [0.15, 0.2) is 0 Å². The summed E-state index contributed by atoms with van der Waals surface area (Å²) in [4.78, 5) is 12.1. The highest BCUT2D eigenvalue weighted by Crippen LogP contribution is 2.15. The van der Waals surface area contributed by atoms with Crippen molar-refractivity contribution < 1.29 is 9.53 Å². The van der Waals surface area contributed by atoms with Gasteiger partial charge in [0.05, 0.1) is 12.1 Å². The summed E-state index contributed by atoms with van der Waals surface area (Å²) in [5, 5.41) is 11.0. The minimum atomic E-state index is -0.281. The van der Waals surface area contributed by atoms with Gasteiger partial charge in [-0.2, -0.15) is 0 Å². The van der Waals surface area contributed by atoms with Crippen LogP contribution in [0.1, 0.15) is 30.9 Å². The standard InChI is InChI=1S/C19H20N4O2/c1-2-3-4-15-5-7-16(8-6-15)13-19(24)25-18-11-9-17(10-12-18)23-14-20-21-22-23/h5-12,14H,2-4,13H2,1H3. The van der Waals surface area contributed by atoms with Crippen molar-refractivity contribution >= 4 is 5.97 Å². The van der Waals surface area contributed by atoms with Gasteiger partial charge in [0.25, 0.3) is 0 Å². The van der Waals surface area contributed by atoms with Crippen molar-refractivity contribution in [3.63, 3.8) is 0 Å². The topological polar surface area (TPSA) is 69.9 Å². The third-order valence-corrected chi connectivity index (χ3v) is 3.87. The molecule has 0 amide bonds. The van der Waals surface area contributed by atoms with Crippen LogP contribution in [0.3, 0.4) is 0 Å². The number of hydrogen-bond acceptors (Lipinski definition) is 5. The van der Waals surface area contributed by atoms with Gasteiger partial charge >= 0.3 is 5.97 Å². The maximum atomic E-state index is 12.1. The number of aryl methyl sites for hydroxylation is 1. The SMILES string of the molecule is CCCCc1ccc(CC(=O)Oc2ccc(-n3cnnn3)cc2)cc1. The van der Waals surface area contributed by atoms with Crippen molar-refractivity contribution in [2.24, 2.45) is 0 Å². The summed E-state index contributed by atoms with van der Waals surface area (Å²) in [6.07, 6.45) is 5.20. The Morgan fingerprint density at radius 2 is 1.76 bits per heavy atom. The van der Waals surface area contributed by atoms with E-state index in [-0.39, 0.29) is 12.4 Å². The van der Waals surface area contributed by atoms with E-state index < -0.39 is 0 Å². The largest absolute Gasteiger partial charge is 0.426 e. The van der Waals surface area contributed by atoms with Crippen LogP contribution < -0.4 is 4.74 Å². The van der Waals surface area contributed by atoms with Gasteiger partial charge in [0.2, 0.25) is 0 Å². The molecule has 1 heterocycles. The Labute approximate surface area is 146 Å². The maximum Gasteiger partial charge on any atom is 0.315 e. The number of esters is 1. The van der Waals surface area contributed by atoms with Crippen molar-refractivity contribution in [2.75, 3.05) is 0 Å². The highest BCUT2D eigenvalue weighted by atomic mass is 16.5. The molecule has 3 rings (SSSR count). The number of ether oxygens (including phenoxy) is 1. The second-order valence-corrected chi connectivity index (χ2v) is 5.82. The number of benzene rings is 2. The average molecular weight is 336 g/mol. The Hall–Kier alpha value is -3.02. The number of tetrazole rings is 1. The predicted molar refractivity (Wildman–Crippen MR) is 93.5 cm³/mol. The molecule has 0 aliphatic carbocycles. The molecule has 25 heavy (non-hydrogen) atoms. The van der Waals surface area contributed by atoms with Gasteiger partial charge in [-0.25, -0.2) is 4.68 Å². The zero-order valence-corrected chi connectivity index (χ0v) is 14.1. The van der Waals surface area contributed by atoms with E-state index >= 15 is 0 Å². The van der Waals surface area contributed by atoms with Crippen LogP contribution in [0.15, 0.2) is 54.9 Å². The molecule has 0 saturated heterocycles. The fraction of sp³-hybridized carbons (Fsp3) is 0.263. The number of carbonyl (C=O) groups is 1. The van der Waals surface area contributed by atoms with Crippen molar-refractivity contribution in [3.8, 4) is 11.4 Å². The first-order chi connectivity index (χ1) is 12.2. The van der Waals surface area contributed by atoms with Crippen LogP contribution in [0.2, 0.25) is 0 Å². The molecule has 6 nitrogen and oxygen atoms in total. The van der Waals surface area contributed by atoms with Crippen LogP contribution in [0, 0.1) is 0 Å². The highest BCUT2D eigenvalue weighted by molar-refractivity contribution is 5.75. The predicted octanol–water partition coefficient (Wildman–Crippen LogP) is 3.15. The van der Waals surface area contributed by atoms with E-state index in [1.165, 1.54) is 29.4 Å². The number of carbonyl (C=O) groups excluding carboxylic acids is 1. The number of rotatable bonds is 7. The molecule has 128 valence electrons. The Balaban J connectivity index is 1.55. The van der Waals surface area contributed by atoms with E-state index in [4.69, 9.17) is 4.74 Å². The Morgan fingerprint density at radius 1 is 1.04 bits per heavy atom. The molecule has 2 aromatic carbocycles. The van der Waals surface area contributed by atoms with E-state index in [2.05, 4.69) is 34.6 Å². The summed E-state index contributed by atoms with van der Waals surface area (Å²) < 4.78 is 6.92. The van der Waals surface area contributed by atoms with Crippen molar-refractivity contribution in [3.05, 3.63) is 66.0 Å². The summed E-state index contributed by atoms with van der Waals surface area (Å²) in [7, 11) is 0. The molecule has 0 atom stereocenters. The van der Waals surface area contributed by atoms with Gasteiger partial charge in [-0.15, -0.1) is 5.10 Å². The van der Waals surface area contributed by atoms with Crippen LogP contribution in [0.4, 0.5) is 0 Å². The van der Waals surface area contributed by atoms with Gasteiger partial charge < -0.3 is 4.74 Å². The molecule has 0 aliphatic heterocycles. The van der Waals surface area contributed by atoms with Crippen LogP contribution >= 0.6 is 0 Å². The molecule has 1 aromatic heterocycles. The first-order valence-corrected chi connectivity index (χ1v) is 8.36. The maximum absolute atomic E-state index is 12.1. The zero-order chi connectivity index (χ0) is 17.5. The Kier molecular flexibility index (Phi) is 5.51. The molecule has 0 aliphatic rings. The van der Waals surface area contributed by atoms with Crippen LogP contribution in [0.5, 0.6) is 5.75 Å². The van der Waals surface area contributed by atoms with Gasteiger partial charge in [-0.05, 0) is 58.7 Å². The molecule has 0 bridgehead atoms. The zero-order valence-electron chi connectivity index (χ0n) is 14.1. The lowest BCUT2D eigenvalue weighted by Crippen LogP contribution is -2.11. The second-order valence-electron chi connectivity index (χ2n) is 5.82. The summed E-state index contributed by atoms with van der Waals surface area (Å²) in [6, 6.07) is 15.2. The summed E-state index contributed by atoms with van der Waals surface area (Å²) >= 11 is 0. The molecule has 0 radical (unpaired) electrons. The molecule has 0 spiro atoms. The number of aromatic nitrogens is 4. The number of hydrogen-bond donors (Lipinski definition) is 0. The van der Waals surface area contributed by atoms with Crippen molar-refractivity contribution in [2.45, 2.75) is 32.6 Å². The van der Waals surface area contributed by atoms with E-state index in [0.717, 1.165) is 17.7 Å². The molecule has 3 aromatic rings. The monoisotopic (exact) mass is 336 g/mol. The van der Waals surface area contributed by atoms with Crippen molar-refractivity contribution in [1.29, 1.82) is 0 Å². The molecule has 0 saturated carbocycles. The van der Waals surface area contributed by atoms with Gasteiger partial charge in [0, 0.05) is 0 Å².